The second-order valence-corrected chi connectivity index (χ2v) is 6.82. The third-order valence-electron chi connectivity index (χ3n) is 2.10. The Labute approximate surface area is 97.6 Å². The summed E-state index contributed by atoms with van der Waals surface area (Å²) in [6.07, 6.45) is 0. The summed E-state index contributed by atoms with van der Waals surface area (Å²) in [7, 11) is 0. The van der Waals surface area contributed by atoms with E-state index in [9.17, 15) is 0 Å². The van der Waals surface area contributed by atoms with Crippen molar-refractivity contribution >= 4 is 34.9 Å². The van der Waals surface area contributed by atoms with Crippen LogP contribution >= 0.6 is 34.9 Å². The fourth-order valence-corrected chi connectivity index (χ4v) is 5.20. The Hall–Kier alpha value is 0.360. The van der Waals surface area contributed by atoms with Gasteiger partial charge in [0.05, 0.1) is 13.2 Å². The van der Waals surface area contributed by atoms with Crippen molar-refractivity contribution in [3.8, 4) is 0 Å². The van der Waals surface area contributed by atoms with Gasteiger partial charge in [0.1, 0.15) is 0 Å². The lowest BCUT2D eigenvalue weighted by molar-refractivity contribution is 0.167. The molecule has 1 nitrogen and oxygen atoms in total. The van der Waals surface area contributed by atoms with Crippen LogP contribution in [0.3, 0.4) is 0 Å². The molecular formula is C10H14OS3. The zero-order valence-electron chi connectivity index (χ0n) is 8.46. The Morgan fingerprint density at radius 3 is 1.93 bits per heavy atom. The van der Waals surface area contributed by atoms with Gasteiger partial charge in [0.2, 0.25) is 0 Å². The van der Waals surface area contributed by atoms with Crippen molar-refractivity contribution in [1.29, 1.82) is 0 Å². The predicted molar refractivity (Wildman–Crippen MR) is 66.1 cm³/mol. The molecule has 2 heterocycles. The highest BCUT2D eigenvalue weighted by Crippen LogP contribution is 2.41. The van der Waals surface area contributed by atoms with Crippen molar-refractivity contribution in [2.75, 3.05) is 24.7 Å². The van der Waals surface area contributed by atoms with Gasteiger partial charge in [-0.05, 0) is 13.8 Å². The molecule has 14 heavy (non-hydrogen) atoms. The largest absolute Gasteiger partial charge is 0.380 e. The molecule has 0 unspecified atom stereocenters. The summed E-state index contributed by atoms with van der Waals surface area (Å²) < 4.78 is 5.50. The number of hydrogen-bond acceptors (Lipinski definition) is 4. The second-order valence-electron chi connectivity index (χ2n) is 3.18. The monoisotopic (exact) mass is 246 g/mol. The highest BCUT2D eigenvalue weighted by atomic mass is 32.2. The van der Waals surface area contributed by atoms with Crippen molar-refractivity contribution in [3.05, 3.63) is 9.75 Å². The quantitative estimate of drug-likeness (QED) is 0.692. The van der Waals surface area contributed by atoms with Crippen LogP contribution in [0.4, 0.5) is 0 Å². The SMILES string of the molecule is Cc1sc(C)c2c1SCCOCCS2. The van der Waals surface area contributed by atoms with Gasteiger partial charge < -0.3 is 4.74 Å². The van der Waals surface area contributed by atoms with E-state index in [-0.39, 0.29) is 0 Å². The Morgan fingerprint density at radius 2 is 1.43 bits per heavy atom. The molecule has 1 aromatic heterocycles. The summed E-state index contributed by atoms with van der Waals surface area (Å²) in [6, 6.07) is 0. The highest BCUT2D eigenvalue weighted by molar-refractivity contribution is 8.02. The number of rotatable bonds is 0. The summed E-state index contributed by atoms with van der Waals surface area (Å²) >= 11 is 5.82. The molecule has 0 saturated heterocycles. The first kappa shape index (κ1) is 10.9. The normalized spacial score (nSPS) is 18.1. The van der Waals surface area contributed by atoms with Crippen LogP contribution < -0.4 is 0 Å². The van der Waals surface area contributed by atoms with Crippen LogP contribution in [0.15, 0.2) is 9.79 Å². The van der Waals surface area contributed by atoms with E-state index in [0.29, 0.717) is 0 Å². The van der Waals surface area contributed by atoms with Crippen molar-refractivity contribution < 1.29 is 4.74 Å². The van der Waals surface area contributed by atoms with Gasteiger partial charge >= 0.3 is 0 Å². The van der Waals surface area contributed by atoms with Gasteiger partial charge in [0.25, 0.3) is 0 Å². The van der Waals surface area contributed by atoms with E-state index in [1.807, 2.05) is 34.9 Å². The van der Waals surface area contributed by atoms with Crippen LogP contribution in [0.5, 0.6) is 0 Å². The molecule has 0 saturated carbocycles. The molecule has 0 spiro atoms. The second kappa shape index (κ2) is 4.92. The Kier molecular flexibility index (Phi) is 3.82. The van der Waals surface area contributed by atoms with Crippen LogP contribution in [0.25, 0.3) is 0 Å². The highest BCUT2D eigenvalue weighted by Gasteiger charge is 2.14. The minimum absolute atomic E-state index is 0.888. The maximum absolute atomic E-state index is 5.50. The van der Waals surface area contributed by atoms with Crippen LogP contribution in [0.1, 0.15) is 9.75 Å². The molecule has 0 fully saturated rings. The van der Waals surface area contributed by atoms with Crippen molar-refractivity contribution in [2.45, 2.75) is 23.6 Å². The number of ether oxygens (including phenoxy) is 1. The minimum Gasteiger partial charge on any atom is -0.380 e. The smallest absolute Gasteiger partial charge is 0.0560 e. The first-order valence-electron chi connectivity index (χ1n) is 4.72. The molecule has 0 aliphatic carbocycles. The molecule has 1 aliphatic heterocycles. The Balaban J connectivity index is 2.28. The summed E-state index contributed by atoms with van der Waals surface area (Å²) in [5, 5.41) is 0. The molecule has 78 valence electrons. The molecule has 2 rings (SSSR count). The molecule has 0 radical (unpaired) electrons. The fourth-order valence-electron chi connectivity index (χ4n) is 1.48. The van der Waals surface area contributed by atoms with Crippen LogP contribution in [0, 0.1) is 13.8 Å². The molecule has 1 aliphatic rings. The van der Waals surface area contributed by atoms with Gasteiger partial charge in [-0.25, -0.2) is 0 Å². The van der Waals surface area contributed by atoms with E-state index in [1.54, 1.807) is 0 Å². The van der Waals surface area contributed by atoms with Crippen LogP contribution in [-0.2, 0) is 4.74 Å². The number of aryl methyl sites for hydroxylation is 2. The van der Waals surface area contributed by atoms with E-state index in [4.69, 9.17) is 4.74 Å². The van der Waals surface area contributed by atoms with Gasteiger partial charge in [0, 0.05) is 31.1 Å². The maximum Gasteiger partial charge on any atom is 0.0560 e. The Morgan fingerprint density at radius 1 is 0.929 bits per heavy atom. The summed E-state index contributed by atoms with van der Waals surface area (Å²) in [5.74, 6) is 2.18. The predicted octanol–water partition coefficient (Wildman–Crippen LogP) is 3.58. The summed E-state index contributed by atoms with van der Waals surface area (Å²) in [4.78, 5) is 5.94. The topological polar surface area (TPSA) is 9.23 Å². The van der Waals surface area contributed by atoms with Gasteiger partial charge in [-0.3, -0.25) is 0 Å². The lowest BCUT2D eigenvalue weighted by Crippen LogP contribution is -1.99. The third-order valence-corrected chi connectivity index (χ3v) is 5.85. The lowest BCUT2D eigenvalue weighted by atomic mass is 10.4. The van der Waals surface area contributed by atoms with Crippen molar-refractivity contribution in [2.24, 2.45) is 0 Å². The molecule has 1 aromatic rings. The van der Waals surface area contributed by atoms with E-state index in [0.717, 1.165) is 24.7 Å². The molecular weight excluding hydrogens is 232 g/mol. The minimum atomic E-state index is 0.888. The zero-order valence-corrected chi connectivity index (χ0v) is 10.9. The molecule has 4 heteroatoms. The third kappa shape index (κ3) is 2.30. The maximum atomic E-state index is 5.50. The number of fused-ring (bicyclic) bond motifs is 1. The molecule has 0 amide bonds. The Bertz CT molecular complexity index is 291. The summed E-state index contributed by atoms with van der Waals surface area (Å²) in [6.45, 7) is 6.23. The standard InChI is InChI=1S/C10H14OS3/c1-7-9-10(8(2)14-7)13-6-4-11-3-5-12-9/h3-6H2,1-2H3. The van der Waals surface area contributed by atoms with Crippen molar-refractivity contribution in [1.82, 2.24) is 0 Å². The lowest BCUT2D eigenvalue weighted by Gasteiger charge is -2.02. The average Bonchev–Trinajstić information content (AvgIpc) is 2.48. The summed E-state index contributed by atoms with van der Waals surface area (Å²) in [5.41, 5.74) is 0. The molecule has 0 aromatic carbocycles. The van der Waals surface area contributed by atoms with Gasteiger partial charge in [0.15, 0.2) is 0 Å². The fraction of sp³-hybridized carbons (Fsp3) is 0.600. The van der Waals surface area contributed by atoms with Crippen LogP contribution in [-0.4, -0.2) is 24.7 Å². The molecule has 0 bridgehead atoms. The molecule has 0 N–H and O–H groups in total. The van der Waals surface area contributed by atoms with Crippen molar-refractivity contribution in [3.63, 3.8) is 0 Å². The number of thioether (sulfide) groups is 2. The van der Waals surface area contributed by atoms with Gasteiger partial charge in [-0.15, -0.1) is 34.9 Å². The van der Waals surface area contributed by atoms with E-state index in [1.165, 1.54) is 19.5 Å². The first-order chi connectivity index (χ1) is 6.79. The van der Waals surface area contributed by atoms with Gasteiger partial charge in [-0.1, -0.05) is 0 Å². The average molecular weight is 246 g/mol. The number of thiophene rings is 1. The van der Waals surface area contributed by atoms with Gasteiger partial charge in [-0.2, -0.15) is 0 Å². The first-order valence-corrected chi connectivity index (χ1v) is 7.51. The molecule has 0 atom stereocenters. The number of hydrogen-bond donors (Lipinski definition) is 0. The van der Waals surface area contributed by atoms with E-state index >= 15 is 0 Å². The zero-order chi connectivity index (χ0) is 9.97. The van der Waals surface area contributed by atoms with E-state index < -0.39 is 0 Å². The van der Waals surface area contributed by atoms with E-state index in [2.05, 4.69) is 13.8 Å². The van der Waals surface area contributed by atoms with Crippen LogP contribution in [0.2, 0.25) is 0 Å².